The molecule has 0 bridgehead atoms. The van der Waals surface area contributed by atoms with Crippen LogP contribution in [0.2, 0.25) is 0 Å². The molecule has 114 valence electrons. The van der Waals surface area contributed by atoms with E-state index in [0.717, 1.165) is 34.2 Å². The molecule has 1 unspecified atom stereocenters. The minimum absolute atomic E-state index is 0.0893. The Kier molecular flexibility index (Phi) is 3.22. The fraction of sp³-hybridized carbons (Fsp3) is 0.375. The molecule has 0 radical (unpaired) electrons. The lowest BCUT2D eigenvalue weighted by atomic mass is 10.1. The molecule has 6 heteroatoms. The van der Waals surface area contributed by atoms with E-state index in [9.17, 15) is 9.18 Å². The number of aromatic nitrogens is 3. The number of halogens is 1. The molecule has 2 aromatic heterocycles. The van der Waals surface area contributed by atoms with Crippen LogP contribution in [-0.2, 0) is 13.6 Å². The van der Waals surface area contributed by atoms with E-state index in [-0.39, 0.29) is 11.4 Å². The first-order valence-electron chi connectivity index (χ1n) is 7.36. The Hall–Kier alpha value is -1.82. The predicted octanol–water partition coefficient (Wildman–Crippen LogP) is 2.78. The summed E-state index contributed by atoms with van der Waals surface area (Å²) in [5.41, 5.74) is 1.36. The van der Waals surface area contributed by atoms with E-state index in [1.165, 1.54) is 12.1 Å². The van der Waals surface area contributed by atoms with Gasteiger partial charge in [-0.25, -0.2) is 9.07 Å². The molecule has 0 N–H and O–H groups in total. The smallest absolute Gasteiger partial charge is 0.291 e. The van der Waals surface area contributed by atoms with Crippen molar-refractivity contribution in [2.75, 3.05) is 11.5 Å². The molecule has 3 heterocycles. The van der Waals surface area contributed by atoms with Crippen LogP contribution < -0.4 is 5.56 Å². The van der Waals surface area contributed by atoms with Crippen molar-refractivity contribution in [3.63, 3.8) is 0 Å². The minimum Gasteiger partial charge on any atom is -0.339 e. The van der Waals surface area contributed by atoms with Crippen LogP contribution in [0.1, 0.15) is 6.42 Å². The van der Waals surface area contributed by atoms with E-state index in [1.807, 2.05) is 23.4 Å². The van der Waals surface area contributed by atoms with E-state index in [4.69, 9.17) is 0 Å². The van der Waals surface area contributed by atoms with Gasteiger partial charge in [0.25, 0.3) is 5.56 Å². The highest BCUT2D eigenvalue weighted by molar-refractivity contribution is 7.99. The monoisotopic (exact) mass is 317 g/mol. The fourth-order valence-electron chi connectivity index (χ4n) is 3.24. The molecule has 1 atom stereocenters. The molecule has 1 saturated heterocycles. The summed E-state index contributed by atoms with van der Waals surface area (Å²) in [6, 6.07) is 4.60. The van der Waals surface area contributed by atoms with Gasteiger partial charge in [-0.1, -0.05) is 0 Å². The third-order valence-electron chi connectivity index (χ3n) is 4.42. The van der Waals surface area contributed by atoms with E-state index in [2.05, 4.69) is 5.10 Å². The molecule has 0 saturated carbocycles. The SMILES string of the molecule is Cn1c2ccc(F)cc2c2cnn(CC3CCSC3)c(=O)c21. The molecule has 1 aliphatic heterocycles. The number of fused-ring (bicyclic) bond motifs is 3. The highest BCUT2D eigenvalue weighted by Gasteiger charge is 2.19. The van der Waals surface area contributed by atoms with Gasteiger partial charge in [-0.3, -0.25) is 4.79 Å². The van der Waals surface area contributed by atoms with Gasteiger partial charge >= 0.3 is 0 Å². The summed E-state index contributed by atoms with van der Waals surface area (Å²) in [4.78, 5) is 12.8. The molecular weight excluding hydrogens is 301 g/mol. The van der Waals surface area contributed by atoms with Crippen molar-refractivity contribution in [2.24, 2.45) is 13.0 Å². The summed E-state index contributed by atoms with van der Waals surface area (Å²) in [5.74, 6) is 2.47. The lowest BCUT2D eigenvalue weighted by Gasteiger charge is -2.10. The van der Waals surface area contributed by atoms with Crippen LogP contribution in [0.15, 0.2) is 29.2 Å². The van der Waals surface area contributed by atoms with Gasteiger partial charge in [-0.2, -0.15) is 16.9 Å². The summed E-state index contributed by atoms with van der Waals surface area (Å²) in [5, 5.41) is 5.78. The first-order valence-corrected chi connectivity index (χ1v) is 8.52. The maximum absolute atomic E-state index is 13.5. The molecule has 1 aromatic carbocycles. The third kappa shape index (κ3) is 2.05. The average Bonchev–Trinajstić information content (AvgIpc) is 3.10. The predicted molar refractivity (Wildman–Crippen MR) is 87.9 cm³/mol. The van der Waals surface area contributed by atoms with Gasteiger partial charge in [0, 0.05) is 29.9 Å². The van der Waals surface area contributed by atoms with Crippen LogP contribution in [0.5, 0.6) is 0 Å². The second kappa shape index (κ2) is 5.12. The Balaban J connectivity index is 1.92. The number of hydrogen-bond acceptors (Lipinski definition) is 3. The van der Waals surface area contributed by atoms with Crippen molar-refractivity contribution >= 4 is 33.6 Å². The first kappa shape index (κ1) is 13.8. The maximum atomic E-state index is 13.5. The van der Waals surface area contributed by atoms with Gasteiger partial charge in [0.15, 0.2) is 0 Å². The summed E-state index contributed by atoms with van der Waals surface area (Å²) in [6.45, 7) is 0.664. The molecule has 0 aliphatic carbocycles. The molecular formula is C16H16FN3OS. The van der Waals surface area contributed by atoms with Crippen molar-refractivity contribution in [3.05, 3.63) is 40.6 Å². The summed E-state index contributed by atoms with van der Waals surface area (Å²) in [7, 11) is 1.85. The second-order valence-corrected chi connectivity index (χ2v) is 6.99. The summed E-state index contributed by atoms with van der Waals surface area (Å²) in [6.07, 6.45) is 2.83. The number of hydrogen-bond donors (Lipinski definition) is 0. The quantitative estimate of drug-likeness (QED) is 0.730. The van der Waals surface area contributed by atoms with Crippen molar-refractivity contribution < 1.29 is 4.39 Å². The Morgan fingerprint density at radius 1 is 1.41 bits per heavy atom. The molecule has 0 spiro atoms. The average molecular weight is 317 g/mol. The molecule has 0 amide bonds. The zero-order valence-electron chi connectivity index (χ0n) is 12.3. The van der Waals surface area contributed by atoms with Gasteiger partial charge in [-0.05, 0) is 42.0 Å². The molecule has 4 rings (SSSR count). The Morgan fingerprint density at radius 3 is 3.05 bits per heavy atom. The van der Waals surface area contributed by atoms with Crippen molar-refractivity contribution in [1.82, 2.24) is 14.3 Å². The second-order valence-electron chi connectivity index (χ2n) is 5.84. The fourth-order valence-corrected chi connectivity index (χ4v) is 4.51. The third-order valence-corrected chi connectivity index (χ3v) is 5.65. The standard InChI is InChI=1S/C16H16FN3OS/c1-19-14-3-2-11(17)6-12(14)13-7-18-20(16(21)15(13)19)8-10-4-5-22-9-10/h2-3,6-7,10H,4-5,8-9H2,1H3. The van der Waals surface area contributed by atoms with Crippen LogP contribution >= 0.6 is 11.8 Å². The van der Waals surface area contributed by atoms with Crippen molar-refractivity contribution in [3.8, 4) is 0 Å². The first-order chi connectivity index (χ1) is 10.6. The number of nitrogens with zero attached hydrogens (tertiary/aromatic N) is 3. The van der Waals surface area contributed by atoms with E-state index in [1.54, 1.807) is 16.9 Å². The Labute approximate surface area is 130 Å². The zero-order valence-corrected chi connectivity index (χ0v) is 13.1. The van der Waals surface area contributed by atoms with Gasteiger partial charge in [-0.15, -0.1) is 0 Å². The van der Waals surface area contributed by atoms with E-state index >= 15 is 0 Å². The Morgan fingerprint density at radius 2 is 2.27 bits per heavy atom. The van der Waals surface area contributed by atoms with Gasteiger partial charge in [0.1, 0.15) is 11.3 Å². The zero-order chi connectivity index (χ0) is 15.3. The highest BCUT2D eigenvalue weighted by Crippen LogP contribution is 2.27. The number of aryl methyl sites for hydroxylation is 1. The van der Waals surface area contributed by atoms with Crippen LogP contribution in [0, 0.1) is 11.7 Å². The number of rotatable bonds is 2. The van der Waals surface area contributed by atoms with Crippen LogP contribution in [0.25, 0.3) is 21.8 Å². The maximum Gasteiger partial charge on any atom is 0.291 e. The van der Waals surface area contributed by atoms with Crippen LogP contribution in [-0.4, -0.2) is 25.9 Å². The van der Waals surface area contributed by atoms with Gasteiger partial charge in [0.05, 0.1) is 6.20 Å². The Bertz CT molecular complexity index is 924. The summed E-state index contributed by atoms with van der Waals surface area (Å²) < 4.78 is 16.9. The lowest BCUT2D eigenvalue weighted by Crippen LogP contribution is -2.27. The molecule has 1 fully saturated rings. The number of benzene rings is 1. The van der Waals surface area contributed by atoms with Crippen molar-refractivity contribution in [1.29, 1.82) is 0 Å². The lowest BCUT2D eigenvalue weighted by molar-refractivity contribution is 0.444. The summed E-state index contributed by atoms with van der Waals surface area (Å²) >= 11 is 1.93. The van der Waals surface area contributed by atoms with Crippen LogP contribution in [0.4, 0.5) is 4.39 Å². The van der Waals surface area contributed by atoms with Crippen LogP contribution in [0.3, 0.4) is 0 Å². The molecule has 3 aromatic rings. The minimum atomic E-state index is -0.299. The molecule has 22 heavy (non-hydrogen) atoms. The van der Waals surface area contributed by atoms with E-state index < -0.39 is 0 Å². The highest BCUT2D eigenvalue weighted by atomic mass is 32.2. The molecule has 4 nitrogen and oxygen atoms in total. The van der Waals surface area contributed by atoms with Gasteiger partial charge in [0.2, 0.25) is 0 Å². The molecule has 1 aliphatic rings. The number of thioether (sulfide) groups is 1. The van der Waals surface area contributed by atoms with Crippen molar-refractivity contribution in [2.45, 2.75) is 13.0 Å². The normalized spacial score (nSPS) is 18.5. The topological polar surface area (TPSA) is 39.8 Å². The largest absolute Gasteiger partial charge is 0.339 e. The van der Waals surface area contributed by atoms with E-state index in [0.29, 0.717) is 18.0 Å². The van der Waals surface area contributed by atoms with Gasteiger partial charge < -0.3 is 4.57 Å².